The fourth-order valence-electron chi connectivity index (χ4n) is 3.45. The number of aliphatic carboxylic acids is 1. The van der Waals surface area contributed by atoms with Crippen LogP contribution in [0.4, 0.5) is 8.78 Å². The number of allylic oxidation sites excluding steroid dienone is 2. The van der Waals surface area contributed by atoms with Gasteiger partial charge in [0.15, 0.2) is 6.61 Å². The van der Waals surface area contributed by atoms with Gasteiger partial charge in [0.25, 0.3) is 5.92 Å². The van der Waals surface area contributed by atoms with Crippen molar-refractivity contribution in [2.75, 3.05) is 6.61 Å². The SMILES string of the molecule is O=C(O)CCC/C=C\C[C@@H]1C(/C=C/C(F)(F)COc2ccccc2)[C@H](O)C[C@@H]1O. The zero-order valence-electron chi connectivity index (χ0n) is 16.2. The minimum absolute atomic E-state index is 0.0839. The van der Waals surface area contributed by atoms with Crippen molar-refractivity contribution in [3.8, 4) is 5.75 Å². The number of halogens is 2. The third-order valence-electron chi connectivity index (χ3n) is 4.99. The molecule has 0 spiro atoms. The Hall–Kier alpha value is -2.25. The third-order valence-corrected chi connectivity index (χ3v) is 4.99. The van der Waals surface area contributed by atoms with E-state index < -0.39 is 36.6 Å². The molecular formula is C22H28F2O5. The van der Waals surface area contributed by atoms with Crippen LogP contribution in [0.2, 0.25) is 0 Å². The van der Waals surface area contributed by atoms with Crippen molar-refractivity contribution >= 4 is 5.97 Å². The molecule has 1 fully saturated rings. The summed E-state index contributed by atoms with van der Waals surface area (Å²) in [5.41, 5.74) is 0. The van der Waals surface area contributed by atoms with Gasteiger partial charge in [-0.2, -0.15) is 8.78 Å². The number of para-hydroxylation sites is 1. The largest absolute Gasteiger partial charge is 0.487 e. The molecule has 1 aromatic carbocycles. The fourth-order valence-corrected chi connectivity index (χ4v) is 3.45. The van der Waals surface area contributed by atoms with Gasteiger partial charge >= 0.3 is 5.97 Å². The number of alkyl halides is 2. The first-order valence-electron chi connectivity index (χ1n) is 9.76. The summed E-state index contributed by atoms with van der Waals surface area (Å²) in [5, 5.41) is 28.9. The number of hydrogen-bond donors (Lipinski definition) is 3. The highest BCUT2D eigenvalue weighted by Crippen LogP contribution is 2.37. The van der Waals surface area contributed by atoms with E-state index in [2.05, 4.69) is 0 Å². The van der Waals surface area contributed by atoms with Crippen LogP contribution in [0.3, 0.4) is 0 Å². The summed E-state index contributed by atoms with van der Waals surface area (Å²) in [7, 11) is 0. The van der Waals surface area contributed by atoms with Crippen molar-refractivity contribution in [3.63, 3.8) is 0 Å². The quantitative estimate of drug-likeness (QED) is 0.381. The predicted octanol–water partition coefficient (Wildman–Crippen LogP) is 3.82. The molecule has 7 heteroatoms. The highest BCUT2D eigenvalue weighted by atomic mass is 19.3. The van der Waals surface area contributed by atoms with E-state index in [0.29, 0.717) is 25.0 Å². The highest BCUT2D eigenvalue weighted by molar-refractivity contribution is 5.66. The summed E-state index contributed by atoms with van der Waals surface area (Å²) in [6.07, 6.45) is 5.73. The van der Waals surface area contributed by atoms with Crippen LogP contribution in [0.5, 0.6) is 5.75 Å². The Morgan fingerprint density at radius 3 is 2.59 bits per heavy atom. The van der Waals surface area contributed by atoms with E-state index in [1.807, 2.05) is 12.2 Å². The molecule has 0 heterocycles. The Kier molecular flexibility index (Phi) is 8.79. The maximum atomic E-state index is 14.2. The van der Waals surface area contributed by atoms with Gasteiger partial charge < -0.3 is 20.1 Å². The molecule has 5 nitrogen and oxygen atoms in total. The van der Waals surface area contributed by atoms with Crippen LogP contribution in [-0.2, 0) is 4.79 Å². The van der Waals surface area contributed by atoms with Crippen LogP contribution in [0, 0.1) is 11.8 Å². The van der Waals surface area contributed by atoms with Crippen LogP contribution >= 0.6 is 0 Å². The second kappa shape index (κ2) is 11.1. The lowest BCUT2D eigenvalue weighted by molar-refractivity contribution is -0.137. The Labute approximate surface area is 169 Å². The number of rotatable bonds is 11. The number of unbranched alkanes of at least 4 members (excludes halogenated alkanes) is 1. The first-order valence-corrected chi connectivity index (χ1v) is 9.76. The number of benzene rings is 1. The molecule has 1 saturated carbocycles. The minimum atomic E-state index is -3.21. The molecule has 1 aliphatic rings. The van der Waals surface area contributed by atoms with Crippen molar-refractivity contribution in [3.05, 3.63) is 54.6 Å². The van der Waals surface area contributed by atoms with E-state index in [1.54, 1.807) is 30.3 Å². The number of carboxylic acids is 1. The van der Waals surface area contributed by atoms with Crippen molar-refractivity contribution < 1.29 is 33.6 Å². The second-order valence-electron chi connectivity index (χ2n) is 7.33. The van der Waals surface area contributed by atoms with Gasteiger partial charge in [-0.3, -0.25) is 4.79 Å². The van der Waals surface area contributed by atoms with Crippen molar-refractivity contribution in [1.29, 1.82) is 0 Å². The van der Waals surface area contributed by atoms with E-state index in [4.69, 9.17) is 9.84 Å². The van der Waals surface area contributed by atoms with Gasteiger partial charge in [0.1, 0.15) is 5.75 Å². The molecule has 0 radical (unpaired) electrons. The van der Waals surface area contributed by atoms with Gasteiger partial charge in [0.2, 0.25) is 0 Å². The van der Waals surface area contributed by atoms with E-state index in [-0.39, 0.29) is 18.8 Å². The maximum Gasteiger partial charge on any atom is 0.303 e. The molecule has 4 atom stereocenters. The Bertz CT molecular complexity index is 690. The van der Waals surface area contributed by atoms with E-state index in [9.17, 15) is 23.8 Å². The van der Waals surface area contributed by atoms with Gasteiger partial charge in [-0.15, -0.1) is 0 Å². The normalized spacial score (nSPS) is 25.1. The molecule has 0 amide bonds. The molecule has 1 aromatic rings. The molecule has 2 rings (SSSR count). The fraction of sp³-hybridized carbons (Fsp3) is 0.500. The standard InChI is InChI=1S/C22H28F2O5/c23-22(24,15-29-16-8-4-3-5-9-16)13-12-18-17(19(25)14-20(18)26)10-6-1-2-7-11-21(27)28/h1,3-6,8-9,12-13,17-20,25-26H,2,7,10-11,14-15H2,(H,27,28)/b6-1-,13-12+/t17-,18?,19+,20-/m1/s1. The smallest absolute Gasteiger partial charge is 0.303 e. The first-order chi connectivity index (χ1) is 13.8. The minimum Gasteiger partial charge on any atom is -0.487 e. The van der Waals surface area contributed by atoms with Gasteiger partial charge in [-0.25, -0.2) is 0 Å². The number of ether oxygens (including phenoxy) is 1. The van der Waals surface area contributed by atoms with Gasteiger partial charge in [0, 0.05) is 18.8 Å². The average molecular weight is 410 g/mol. The Balaban J connectivity index is 1.89. The molecule has 0 aromatic heterocycles. The second-order valence-corrected chi connectivity index (χ2v) is 7.33. The third kappa shape index (κ3) is 7.95. The molecule has 160 valence electrons. The van der Waals surface area contributed by atoms with E-state index in [1.165, 1.54) is 6.08 Å². The van der Waals surface area contributed by atoms with Crippen LogP contribution in [0.15, 0.2) is 54.6 Å². The Morgan fingerprint density at radius 1 is 1.17 bits per heavy atom. The highest BCUT2D eigenvalue weighted by Gasteiger charge is 2.40. The number of carboxylic acid groups (broad SMARTS) is 1. The molecule has 29 heavy (non-hydrogen) atoms. The maximum absolute atomic E-state index is 14.2. The molecule has 1 unspecified atom stereocenters. The van der Waals surface area contributed by atoms with Crippen molar-refractivity contribution in [1.82, 2.24) is 0 Å². The number of carbonyl (C=O) groups is 1. The lowest BCUT2D eigenvalue weighted by atomic mass is 9.89. The summed E-state index contributed by atoms with van der Waals surface area (Å²) < 4.78 is 33.4. The average Bonchev–Trinajstić information content (AvgIpc) is 2.94. The summed E-state index contributed by atoms with van der Waals surface area (Å²) >= 11 is 0. The first kappa shape index (κ1) is 23.0. The monoisotopic (exact) mass is 410 g/mol. The topological polar surface area (TPSA) is 87.0 Å². The van der Waals surface area contributed by atoms with Crippen LogP contribution in [0.25, 0.3) is 0 Å². The molecule has 0 saturated heterocycles. The predicted molar refractivity (Wildman–Crippen MR) is 105 cm³/mol. The van der Waals surface area contributed by atoms with E-state index in [0.717, 1.165) is 6.08 Å². The summed E-state index contributed by atoms with van der Waals surface area (Å²) in [6, 6.07) is 8.34. The van der Waals surface area contributed by atoms with Gasteiger partial charge in [-0.05, 0) is 43.4 Å². The lowest BCUT2D eigenvalue weighted by Gasteiger charge is -2.20. The van der Waals surface area contributed by atoms with Gasteiger partial charge in [0.05, 0.1) is 12.2 Å². The van der Waals surface area contributed by atoms with Crippen molar-refractivity contribution in [2.24, 2.45) is 11.8 Å². The lowest BCUT2D eigenvalue weighted by Crippen LogP contribution is -2.25. The van der Waals surface area contributed by atoms with Crippen LogP contribution < -0.4 is 4.74 Å². The number of aliphatic hydroxyl groups is 2. The molecular weight excluding hydrogens is 382 g/mol. The molecule has 1 aliphatic carbocycles. The molecule has 3 N–H and O–H groups in total. The van der Waals surface area contributed by atoms with Crippen molar-refractivity contribution in [2.45, 2.75) is 50.2 Å². The number of hydrogen-bond acceptors (Lipinski definition) is 4. The van der Waals surface area contributed by atoms with E-state index >= 15 is 0 Å². The van der Waals surface area contributed by atoms with Gasteiger partial charge in [-0.1, -0.05) is 36.4 Å². The summed E-state index contributed by atoms with van der Waals surface area (Å²) in [6.45, 7) is -0.812. The Morgan fingerprint density at radius 2 is 1.90 bits per heavy atom. The number of aliphatic hydroxyl groups excluding tert-OH is 2. The molecule has 0 aliphatic heterocycles. The zero-order chi connectivity index (χ0) is 21.3. The summed E-state index contributed by atoms with van der Waals surface area (Å²) in [5.74, 6) is -4.67. The summed E-state index contributed by atoms with van der Waals surface area (Å²) in [4.78, 5) is 10.5. The molecule has 0 bridgehead atoms. The van der Waals surface area contributed by atoms with Crippen LogP contribution in [0.1, 0.15) is 32.1 Å². The van der Waals surface area contributed by atoms with Crippen LogP contribution in [-0.4, -0.2) is 46.0 Å². The zero-order valence-corrected chi connectivity index (χ0v) is 16.2.